The molecule has 1 heterocycles. The summed E-state index contributed by atoms with van der Waals surface area (Å²) in [5, 5.41) is 11.6. The van der Waals surface area contributed by atoms with Crippen molar-refractivity contribution in [2.24, 2.45) is 0 Å². The Hall–Kier alpha value is -2.10. The molecule has 0 aliphatic carbocycles. The molecule has 0 bridgehead atoms. The van der Waals surface area contributed by atoms with Gasteiger partial charge in [0, 0.05) is 39.1 Å². The van der Waals surface area contributed by atoms with Gasteiger partial charge in [-0.1, -0.05) is 30.3 Å². The molecule has 27 heavy (non-hydrogen) atoms. The van der Waals surface area contributed by atoms with Gasteiger partial charge in [0.25, 0.3) is 0 Å². The van der Waals surface area contributed by atoms with Gasteiger partial charge in [-0.3, -0.25) is 19.7 Å². The molecule has 2 rings (SSSR count). The molecule has 1 saturated heterocycles. The fraction of sp³-hybridized carbons (Fsp3) is 0.500. The molecule has 1 fully saturated rings. The van der Waals surface area contributed by atoms with E-state index >= 15 is 0 Å². The van der Waals surface area contributed by atoms with Crippen LogP contribution in [0.1, 0.15) is 18.4 Å². The van der Waals surface area contributed by atoms with Gasteiger partial charge >= 0.3 is 0 Å². The topological polar surface area (TPSA) is 109 Å². The van der Waals surface area contributed by atoms with E-state index in [0.717, 1.165) is 5.56 Å². The van der Waals surface area contributed by atoms with Crippen LogP contribution in [0.5, 0.6) is 0 Å². The van der Waals surface area contributed by atoms with Crippen molar-refractivity contribution in [1.82, 2.24) is 21.3 Å². The van der Waals surface area contributed by atoms with Gasteiger partial charge in [-0.05, 0) is 5.56 Å². The first-order valence-electron chi connectivity index (χ1n) is 8.80. The summed E-state index contributed by atoms with van der Waals surface area (Å²) in [5.41, 5.74) is 0.625. The molecule has 1 aromatic rings. The molecule has 148 valence electrons. The second kappa shape index (κ2) is 11.6. The van der Waals surface area contributed by atoms with Crippen LogP contribution < -0.4 is 21.3 Å². The van der Waals surface area contributed by atoms with Gasteiger partial charge in [0.2, 0.25) is 17.7 Å². The normalized spacial score (nSPS) is 19.2. The van der Waals surface area contributed by atoms with E-state index in [-0.39, 0.29) is 42.4 Å². The predicted octanol–water partition coefficient (Wildman–Crippen LogP) is -0.0496. The van der Waals surface area contributed by atoms with Crippen molar-refractivity contribution in [3.8, 4) is 0 Å². The highest BCUT2D eigenvalue weighted by atomic mass is 32.2. The standard InChI is InChI=1S/C18H26N4O4S/c1-26-8-7-19-17(25)12-27-18-21-14(10-16(24)22-18)9-15(23)20-11-13-5-3-2-4-6-13/h2-6,14,18,21H,7-12H2,1H3,(H,19,25)(H,20,23)(H,22,24). The average Bonchev–Trinajstić information content (AvgIpc) is 2.65. The highest BCUT2D eigenvalue weighted by Crippen LogP contribution is 2.14. The Balaban J connectivity index is 1.71. The number of nitrogens with one attached hydrogen (secondary N) is 4. The minimum absolute atomic E-state index is 0.118. The summed E-state index contributed by atoms with van der Waals surface area (Å²) >= 11 is 1.28. The molecule has 0 aromatic heterocycles. The van der Waals surface area contributed by atoms with E-state index in [1.807, 2.05) is 30.3 Å². The smallest absolute Gasteiger partial charge is 0.230 e. The van der Waals surface area contributed by atoms with Crippen LogP contribution in [0.4, 0.5) is 0 Å². The predicted molar refractivity (Wildman–Crippen MR) is 104 cm³/mol. The average molecular weight is 394 g/mol. The van der Waals surface area contributed by atoms with E-state index in [1.165, 1.54) is 11.8 Å². The van der Waals surface area contributed by atoms with Gasteiger partial charge in [0.15, 0.2) is 0 Å². The fourth-order valence-electron chi connectivity index (χ4n) is 2.56. The van der Waals surface area contributed by atoms with Crippen LogP contribution in [0.2, 0.25) is 0 Å². The van der Waals surface area contributed by atoms with Gasteiger partial charge in [-0.2, -0.15) is 0 Å². The Kier molecular flexibility index (Phi) is 9.09. The van der Waals surface area contributed by atoms with Crippen molar-refractivity contribution >= 4 is 29.5 Å². The summed E-state index contributed by atoms with van der Waals surface area (Å²) in [7, 11) is 1.57. The van der Waals surface area contributed by atoms with Crippen LogP contribution >= 0.6 is 11.8 Å². The first-order chi connectivity index (χ1) is 13.1. The Bertz CT molecular complexity index is 629. The number of ether oxygens (including phenoxy) is 1. The molecule has 1 aromatic carbocycles. The number of carbonyl (C=O) groups excluding carboxylic acids is 3. The summed E-state index contributed by atoms with van der Waals surface area (Å²) in [6.07, 6.45) is 0.438. The first kappa shape index (κ1) is 21.2. The van der Waals surface area contributed by atoms with Gasteiger partial charge < -0.3 is 20.7 Å². The molecule has 1 aliphatic rings. The van der Waals surface area contributed by atoms with Gasteiger partial charge in [0.05, 0.1) is 12.4 Å². The minimum Gasteiger partial charge on any atom is -0.383 e. The number of carbonyl (C=O) groups is 3. The summed E-state index contributed by atoms with van der Waals surface area (Å²) < 4.78 is 4.87. The largest absolute Gasteiger partial charge is 0.383 e. The molecule has 2 atom stereocenters. The monoisotopic (exact) mass is 394 g/mol. The third-order valence-electron chi connectivity index (χ3n) is 3.88. The van der Waals surface area contributed by atoms with Crippen molar-refractivity contribution in [2.75, 3.05) is 26.0 Å². The lowest BCUT2D eigenvalue weighted by Crippen LogP contribution is -2.56. The van der Waals surface area contributed by atoms with E-state index in [2.05, 4.69) is 21.3 Å². The van der Waals surface area contributed by atoms with Crippen molar-refractivity contribution in [1.29, 1.82) is 0 Å². The summed E-state index contributed by atoms with van der Waals surface area (Å²) in [6.45, 7) is 1.36. The zero-order valence-electron chi connectivity index (χ0n) is 15.3. The molecular formula is C18H26N4O4S. The molecule has 0 saturated carbocycles. The number of hydrogen-bond donors (Lipinski definition) is 4. The van der Waals surface area contributed by atoms with E-state index in [0.29, 0.717) is 19.7 Å². The lowest BCUT2D eigenvalue weighted by Gasteiger charge is -2.30. The van der Waals surface area contributed by atoms with Crippen LogP contribution in [0, 0.1) is 0 Å². The van der Waals surface area contributed by atoms with E-state index in [1.54, 1.807) is 7.11 Å². The second-order valence-electron chi connectivity index (χ2n) is 6.14. The highest BCUT2D eigenvalue weighted by Gasteiger charge is 2.27. The number of amides is 3. The van der Waals surface area contributed by atoms with Crippen molar-refractivity contribution in [2.45, 2.75) is 30.9 Å². The first-order valence-corrected chi connectivity index (χ1v) is 9.85. The summed E-state index contributed by atoms with van der Waals surface area (Å²) in [4.78, 5) is 35.8. The maximum atomic E-state index is 12.1. The molecule has 0 spiro atoms. The van der Waals surface area contributed by atoms with Crippen LogP contribution in [0.3, 0.4) is 0 Å². The Morgan fingerprint density at radius 3 is 2.74 bits per heavy atom. The van der Waals surface area contributed by atoms with Gasteiger partial charge in [-0.15, -0.1) is 11.8 Å². The second-order valence-corrected chi connectivity index (χ2v) is 7.23. The third-order valence-corrected chi connectivity index (χ3v) is 4.90. The molecule has 2 unspecified atom stereocenters. The van der Waals surface area contributed by atoms with Crippen LogP contribution in [-0.4, -0.2) is 55.3 Å². The van der Waals surface area contributed by atoms with Crippen LogP contribution in [-0.2, 0) is 25.7 Å². The van der Waals surface area contributed by atoms with Gasteiger partial charge in [-0.25, -0.2) is 0 Å². The van der Waals surface area contributed by atoms with Crippen LogP contribution in [0.15, 0.2) is 30.3 Å². The van der Waals surface area contributed by atoms with Gasteiger partial charge in [0.1, 0.15) is 5.50 Å². The van der Waals surface area contributed by atoms with Crippen molar-refractivity contribution in [3.05, 3.63) is 35.9 Å². The molecule has 0 radical (unpaired) electrons. The van der Waals surface area contributed by atoms with E-state index in [4.69, 9.17) is 4.74 Å². The maximum Gasteiger partial charge on any atom is 0.230 e. The summed E-state index contributed by atoms with van der Waals surface area (Å²) in [5.74, 6) is -0.177. The number of benzene rings is 1. The molecule has 8 nitrogen and oxygen atoms in total. The van der Waals surface area contributed by atoms with E-state index < -0.39 is 5.50 Å². The lowest BCUT2D eigenvalue weighted by molar-refractivity contribution is -0.125. The molecule has 1 aliphatic heterocycles. The molecule has 9 heteroatoms. The lowest BCUT2D eigenvalue weighted by atomic mass is 10.1. The van der Waals surface area contributed by atoms with Crippen molar-refractivity contribution < 1.29 is 19.1 Å². The number of rotatable bonds is 10. The maximum absolute atomic E-state index is 12.1. The quantitative estimate of drug-likeness (QED) is 0.415. The summed E-state index contributed by atoms with van der Waals surface area (Å²) in [6, 6.07) is 9.38. The third kappa shape index (κ3) is 8.42. The molecular weight excluding hydrogens is 368 g/mol. The zero-order valence-corrected chi connectivity index (χ0v) is 16.1. The Morgan fingerprint density at radius 2 is 2.00 bits per heavy atom. The Labute approximate surface area is 163 Å². The molecule has 3 amide bonds. The van der Waals surface area contributed by atoms with Crippen molar-refractivity contribution in [3.63, 3.8) is 0 Å². The number of thioether (sulfide) groups is 1. The zero-order chi connectivity index (χ0) is 19.5. The Morgan fingerprint density at radius 1 is 1.22 bits per heavy atom. The van der Waals surface area contributed by atoms with E-state index in [9.17, 15) is 14.4 Å². The number of hydrogen-bond acceptors (Lipinski definition) is 6. The van der Waals surface area contributed by atoms with Crippen LogP contribution in [0.25, 0.3) is 0 Å². The SMILES string of the molecule is COCCNC(=O)CSC1NC(=O)CC(CC(=O)NCc2ccccc2)N1. The fourth-order valence-corrected chi connectivity index (χ4v) is 3.48. The minimum atomic E-state index is -0.397. The highest BCUT2D eigenvalue weighted by molar-refractivity contribution is 8.00. The molecule has 4 N–H and O–H groups in total. The number of methoxy groups -OCH3 is 1.